The van der Waals surface area contributed by atoms with Gasteiger partial charge in [0.1, 0.15) is 5.75 Å². The highest BCUT2D eigenvalue weighted by molar-refractivity contribution is 9.10. The number of halogens is 1. The first-order valence-corrected chi connectivity index (χ1v) is 13.6. The third-order valence-electron chi connectivity index (χ3n) is 7.12. The van der Waals surface area contributed by atoms with Crippen LogP contribution >= 0.6 is 27.3 Å². The number of imide groups is 1. The van der Waals surface area contributed by atoms with E-state index in [0.717, 1.165) is 14.9 Å². The summed E-state index contributed by atoms with van der Waals surface area (Å²) in [4.78, 5) is 28.6. The smallest absolute Gasteiger partial charge is 0.234 e. The molecule has 0 spiro atoms. The summed E-state index contributed by atoms with van der Waals surface area (Å²) in [6.07, 6.45) is 1.86. The Bertz CT molecular complexity index is 1190. The summed E-state index contributed by atoms with van der Waals surface area (Å²) in [5.41, 5.74) is 2.57. The molecule has 0 bridgehead atoms. The lowest BCUT2D eigenvalue weighted by molar-refractivity contribution is -0.140. The number of amides is 2. The predicted octanol–water partition coefficient (Wildman–Crippen LogP) is 3.86. The van der Waals surface area contributed by atoms with E-state index in [1.54, 1.807) is 18.2 Å². The molecule has 2 amide bonds. The van der Waals surface area contributed by atoms with Crippen molar-refractivity contribution in [3.05, 3.63) is 67.3 Å². The average Bonchev–Trinajstić information content (AvgIpc) is 3.46. The van der Waals surface area contributed by atoms with E-state index in [-0.39, 0.29) is 37.1 Å². The van der Waals surface area contributed by atoms with Crippen LogP contribution in [0.15, 0.2) is 56.9 Å². The molecule has 7 nitrogen and oxygen atoms in total. The zero-order valence-corrected chi connectivity index (χ0v) is 22.3. The minimum atomic E-state index is -0.987. The van der Waals surface area contributed by atoms with Crippen LogP contribution in [0.3, 0.4) is 0 Å². The number of nitrogens with zero attached hydrogens (tertiary/aromatic N) is 1. The van der Waals surface area contributed by atoms with Gasteiger partial charge in [0.2, 0.25) is 11.8 Å². The minimum absolute atomic E-state index is 0.151. The number of hydrogen-bond donors (Lipinski definition) is 4. The first-order valence-electron chi connectivity index (χ1n) is 11.9. The van der Waals surface area contributed by atoms with Gasteiger partial charge in [0, 0.05) is 20.8 Å². The highest BCUT2D eigenvalue weighted by Gasteiger charge is 2.54. The Kier molecular flexibility index (Phi) is 8.47. The molecule has 0 radical (unpaired) electrons. The summed E-state index contributed by atoms with van der Waals surface area (Å²) in [6.45, 7) is 1.35. The summed E-state index contributed by atoms with van der Waals surface area (Å²) in [5.74, 6) is -2.60. The number of fused-ring (bicyclic) bond motifs is 1. The van der Waals surface area contributed by atoms with Crippen molar-refractivity contribution in [2.45, 2.75) is 38.8 Å². The molecule has 4 N–H and O–H groups in total. The average molecular weight is 577 g/mol. The molecular weight excluding hydrogens is 546 g/mol. The second-order valence-corrected chi connectivity index (χ2v) is 11.4. The normalized spacial score (nSPS) is 23.4. The maximum Gasteiger partial charge on any atom is 0.234 e. The van der Waals surface area contributed by atoms with Crippen molar-refractivity contribution in [1.29, 1.82) is 0 Å². The first kappa shape index (κ1) is 26.8. The molecule has 1 aliphatic carbocycles. The number of allylic oxidation sites excluding steroid dienone is 1. The lowest BCUT2D eigenvalue weighted by Crippen LogP contribution is -2.39. The van der Waals surface area contributed by atoms with E-state index >= 15 is 0 Å². The molecule has 1 aromatic heterocycles. The Hall–Kier alpha value is -2.30. The number of carbonyl (C=O) groups is 2. The lowest BCUT2D eigenvalue weighted by Gasteiger charge is -2.36. The van der Waals surface area contributed by atoms with Crippen LogP contribution in [0.2, 0.25) is 0 Å². The van der Waals surface area contributed by atoms with Crippen molar-refractivity contribution in [1.82, 2.24) is 4.90 Å². The Morgan fingerprint density at radius 3 is 2.69 bits per heavy atom. The number of benzene rings is 1. The van der Waals surface area contributed by atoms with Gasteiger partial charge in [-0.15, -0.1) is 11.3 Å². The van der Waals surface area contributed by atoms with Gasteiger partial charge in [-0.3, -0.25) is 14.5 Å². The van der Waals surface area contributed by atoms with Crippen LogP contribution < -0.4 is 0 Å². The number of likely N-dealkylation sites (tertiary alicyclic amines) is 1. The lowest BCUT2D eigenvalue weighted by atomic mass is 9.68. The molecule has 1 fully saturated rings. The zero-order chi connectivity index (χ0) is 26.0. The van der Waals surface area contributed by atoms with Crippen LogP contribution in [-0.2, 0) is 16.1 Å². The van der Waals surface area contributed by atoms with Crippen LogP contribution in [0.4, 0.5) is 0 Å². The number of aliphatic hydroxyl groups is 3. The monoisotopic (exact) mass is 575 g/mol. The molecule has 1 saturated heterocycles. The number of hydrogen-bond acceptors (Lipinski definition) is 7. The second-order valence-electron chi connectivity index (χ2n) is 9.43. The zero-order valence-electron chi connectivity index (χ0n) is 19.9. The number of phenols is 1. The van der Waals surface area contributed by atoms with E-state index in [1.807, 2.05) is 30.5 Å². The predicted molar refractivity (Wildman–Crippen MR) is 141 cm³/mol. The first-order chi connectivity index (χ1) is 17.2. The molecule has 4 rings (SSSR count). The number of phenolic OH excluding ortho intramolecular Hbond substituents is 1. The molecule has 9 heteroatoms. The van der Waals surface area contributed by atoms with Gasteiger partial charge in [-0.05, 0) is 67.0 Å². The topological polar surface area (TPSA) is 118 Å². The van der Waals surface area contributed by atoms with E-state index in [4.69, 9.17) is 0 Å². The number of aliphatic hydroxyl groups excluding tert-OH is 3. The van der Waals surface area contributed by atoms with Crippen molar-refractivity contribution in [2.75, 3.05) is 13.2 Å². The van der Waals surface area contributed by atoms with Gasteiger partial charge in [-0.25, -0.2) is 0 Å². The molecule has 4 atom stereocenters. The fourth-order valence-corrected chi connectivity index (χ4v) is 6.45. The van der Waals surface area contributed by atoms with Crippen molar-refractivity contribution in [3.63, 3.8) is 0 Å². The second kappa shape index (κ2) is 11.4. The molecule has 2 aliphatic rings. The molecule has 0 saturated carbocycles. The van der Waals surface area contributed by atoms with Crippen molar-refractivity contribution >= 4 is 45.2 Å². The maximum absolute atomic E-state index is 13.3. The van der Waals surface area contributed by atoms with E-state index in [0.29, 0.717) is 29.6 Å². The third kappa shape index (κ3) is 5.35. The van der Waals surface area contributed by atoms with Crippen LogP contribution in [0.1, 0.15) is 36.6 Å². The molecular formula is C27H30BrNO6S. The Labute approximate surface area is 222 Å². The highest BCUT2D eigenvalue weighted by atomic mass is 79.9. The van der Waals surface area contributed by atoms with Gasteiger partial charge < -0.3 is 20.4 Å². The van der Waals surface area contributed by atoms with Gasteiger partial charge >= 0.3 is 0 Å². The third-order valence-corrected chi connectivity index (χ3v) is 8.47. The standard InChI is InChI=1S/C27H30BrNO6S/c1-15(9-16-10-18(28)5-7-22(16)32)4-6-23(33)24-17(13-30)11-20-25(21(24)14-31)27(35)29(26(20)34)12-19-3-2-8-36-19/h2-3,5,7-10,20-21,23,25,30-33H,4,6,11-14H2,1H3/b15-9+/t20-,21+,23-,25-/m1/s1. The van der Waals surface area contributed by atoms with Gasteiger partial charge in [-0.1, -0.05) is 33.6 Å². The van der Waals surface area contributed by atoms with Gasteiger partial charge in [-0.2, -0.15) is 0 Å². The maximum atomic E-state index is 13.3. The summed E-state index contributed by atoms with van der Waals surface area (Å²) < 4.78 is 0.837. The van der Waals surface area contributed by atoms with E-state index < -0.39 is 30.5 Å². The largest absolute Gasteiger partial charge is 0.507 e. The quantitative estimate of drug-likeness (QED) is 0.266. The summed E-state index contributed by atoms with van der Waals surface area (Å²) in [7, 11) is 0. The van der Waals surface area contributed by atoms with Crippen LogP contribution in [0.25, 0.3) is 6.08 Å². The number of thiophene rings is 1. The summed E-state index contributed by atoms with van der Waals surface area (Å²) >= 11 is 4.86. The number of rotatable bonds is 9. The molecule has 0 unspecified atom stereocenters. The molecule has 2 aromatic rings. The molecule has 36 heavy (non-hydrogen) atoms. The Morgan fingerprint density at radius 2 is 2.03 bits per heavy atom. The van der Waals surface area contributed by atoms with Gasteiger partial charge in [0.15, 0.2) is 0 Å². The van der Waals surface area contributed by atoms with Crippen LogP contribution in [0, 0.1) is 17.8 Å². The fourth-order valence-electron chi connectivity index (χ4n) is 5.38. The van der Waals surface area contributed by atoms with Crippen LogP contribution in [-0.4, -0.2) is 56.5 Å². The molecule has 2 heterocycles. The molecule has 1 aliphatic heterocycles. The SMILES string of the molecule is C/C(=C\c1cc(Br)ccc1O)CC[C@@H](O)C1=C(CO)C[C@H]2C(=O)N(Cc3cccs3)C(=O)[C@H]2[C@H]1CO. The minimum Gasteiger partial charge on any atom is -0.507 e. The summed E-state index contributed by atoms with van der Waals surface area (Å²) in [5, 5.41) is 43.5. The highest BCUT2D eigenvalue weighted by Crippen LogP contribution is 2.46. The van der Waals surface area contributed by atoms with E-state index in [1.165, 1.54) is 16.2 Å². The van der Waals surface area contributed by atoms with Crippen LogP contribution in [0.5, 0.6) is 5.75 Å². The van der Waals surface area contributed by atoms with Crippen molar-refractivity contribution < 1.29 is 30.0 Å². The Balaban J connectivity index is 1.53. The number of aromatic hydroxyl groups is 1. The molecule has 1 aromatic carbocycles. The fraction of sp³-hybridized carbons (Fsp3) is 0.407. The van der Waals surface area contributed by atoms with Gasteiger partial charge in [0.25, 0.3) is 0 Å². The van der Waals surface area contributed by atoms with E-state index in [9.17, 15) is 30.0 Å². The Morgan fingerprint density at radius 1 is 1.25 bits per heavy atom. The summed E-state index contributed by atoms with van der Waals surface area (Å²) in [6, 6.07) is 8.88. The van der Waals surface area contributed by atoms with E-state index in [2.05, 4.69) is 15.9 Å². The van der Waals surface area contributed by atoms with Gasteiger partial charge in [0.05, 0.1) is 37.7 Å². The van der Waals surface area contributed by atoms with Crippen molar-refractivity contribution in [2.24, 2.45) is 17.8 Å². The number of carbonyl (C=O) groups excluding carboxylic acids is 2. The molecule has 192 valence electrons. The van der Waals surface area contributed by atoms with Crippen molar-refractivity contribution in [3.8, 4) is 5.75 Å².